The summed E-state index contributed by atoms with van der Waals surface area (Å²) >= 11 is 6.49. The van der Waals surface area contributed by atoms with Crippen molar-refractivity contribution in [1.82, 2.24) is 0 Å². The fourth-order valence-corrected chi connectivity index (χ4v) is 4.12. The first-order valence-corrected chi connectivity index (χ1v) is 9.59. The second-order valence-corrected chi connectivity index (χ2v) is 7.47. The molecule has 0 atom stereocenters. The zero-order valence-corrected chi connectivity index (χ0v) is 16.8. The van der Waals surface area contributed by atoms with E-state index in [2.05, 4.69) is 47.3 Å². The second kappa shape index (κ2) is 7.17. The second-order valence-electron chi connectivity index (χ2n) is 7.07. The topological polar surface area (TPSA) is 39.1 Å². The van der Waals surface area contributed by atoms with E-state index >= 15 is 0 Å². The molecule has 4 rings (SSSR count). The Morgan fingerprint density at radius 2 is 2.04 bits per heavy atom. The molecule has 0 radical (unpaired) electrons. The van der Waals surface area contributed by atoms with Gasteiger partial charge in [-0.1, -0.05) is 30.3 Å². The maximum Gasteiger partial charge on any atom is 0.0483 e. The van der Waals surface area contributed by atoms with Gasteiger partial charge in [0.1, 0.15) is 0 Å². The van der Waals surface area contributed by atoms with Crippen LogP contribution in [0.15, 0.2) is 78.2 Å². The Balaban J connectivity index is 1.66. The zero-order chi connectivity index (χ0) is 19.8. The number of anilines is 2. The van der Waals surface area contributed by atoms with Crippen molar-refractivity contribution in [3.8, 4) is 0 Å². The van der Waals surface area contributed by atoms with Crippen LogP contribution in [0.1, 0.15) is 23.1 Å². The summed E-state index contributed by atoms with van der Waals surface area (Å²) in [7, 11) is 1.86. The van der Waals surface area contributed by atoms with Gasteiger partial charge in [-0.25, -0.2) is 0 Å². The van der Waals surface area contributed by atoms with Gasteiger partial charge >= 0.3 is 0 Å². The molecule has 0 amide bonds. The molecule has 0 fully saturated rings. The Hall–Kier alpha value is -3.04. The molecule has 0 unspecified atom stereocenters. The lowest BCUT2D eigenvalue weighted by molar-refractivity contribution is 1.13. The molecular weight excluding hydrogens is 366 g/mol. The van der Waals surface area contributed by atoms with Crippen molar-refractivity contribution in [3.63, 3.8) is 0 Å². The summed E-state index contributed by atoms with van der Waals surface area (Å²) in [6, 6.07) is 12.2. The molecule has 2 N–H and O–H groups in total. The minimum Gasteiger partial charge on any atom is -0.388 e. The molecule has 0 saturated carbocycles. The molecule has 2 aromatic rings. The minimum absolute atomic E-state index is 0.788. The highest BCUT2D eigenvalue weighted by molar-refractivity contribution is 6.32. The lowest BCUT2D eigenvalue weighted by atomic mass is 10.0. The zero-order valence-electron chi connectivity index (χ0n) is 16.0. The van der Waals surface area contributed by atoms with E-state index in [1.54, 1.807) is 0 Å². The normalized spacial score (nSPS) is 15.6. The maximum atomic E-state index is 7.67. The van der Waals surface area contributed by atoms with Crippen LogP contribution in [-0.2, 0) is 0 Å². The molecule has 0 spiro atoms. The van der Waals surface area contributed by atoms with Gasteiger partial charge in [-0.2, -0.15) is 0 Å². The van der Waals surface area contributed by atoms with E-state index in [-0.39, 0.29) is 0 Å². The van der Waals surface area contributed by atoms with Crippen molar-refractivity contribution in [3.05, 3.63) is 99.9 Å². The maximum absolute atomic E-state index is 7.67. The van der Waals surface area contributed by atoms with Crippen molar-refractivity contribution in [2.45, 2.75) is 13.3 Å². The molecule has 0 saturated heterocycles. The van der Waals surface area contributed by atoms with Crippen LogP contribution in [0.3, 0.4) is 0 Å². The third-order valence-corrected chi connectivity index (χ3v) is 5.59. The number of hydrogen-bond donors (Lipinski definition) is 2. The molecule has 2 aromatic carbocycles. The fourth-order valence-electron chi connectivity index (χ4n) is 3.76. The standard InChI is InChI=1S/C24H22ClN3/c1-15-4-6-21(23(25)10-15)18-11-17-8-9-28(16(2)22(17)13-18)20-5-7-24(27-3)19(12-20)14-26/h4-10,12-14,26-27H,2,11H2,1,3H3. The van der Waals surface area contributed by atoms with E-state index in [0.717, 1.165) is 50.8 Å². The highest BCUT2D eigenvalue weighted by Gasteiger charge is 2.25. The quantitative estimate of drug-likeness (QED) is 0.602. The van der Waals surface area contributed by atoms with Crippen LogP contribution in [0.5, 0.6) is 0 Å². The molecular formula is C24H22ClN3. The third kappa shape index (κ3) is 3.08. The van der Waals surface area contributed by atoms with Crippen LogP contribution >= 0.6 is 11.6 Å². The number of benzene rings is 2. The Bertz CT molecular complexity index is 1090. The molecule has 4 heteroatoms. The summed E-state index contributed by atoms with van der Waals surface area (Å²) in [5, 5.41) is 11.6. The summed E-state index contributed by atoms with van der Waals surface area (Å²) in [5.74, 6) is 0. The van der Waals surface area contributed by atoms with Gasteiger partial charge in [-0.05, 0) is 72.0 Å². The first kappa shape index (κ1) is 18.3. The molecule has 28 heavy (non-hydrogen) atoms. The van der Waals surface area contributed by atoms with Gasteiger partial charge in [0.25, 0.3) is 0 Å². The number of hydrogen-bond acceptors (Lipinski definition) is 3. The van der Waals surface area contributed by atoms with Gasteiger partial charge in [0.05, 0.1) is 0 Å². The Morgan fingerprint density at radius 1 is 1.21 bits per heavy atom. The van der Waals surface area contributed by atoms with Gasteiger partial charge in [-0.15, -0.1) is 0 Å². The number of aryl methyl sites for hydroxylation is 1. The number of nitrogens with one attached hydrogen (secondary N) is 2. The van der Waals surface area contributed by atoms with E-state index in [1.165, 1.54) is 17.4 Å². The first-order chi connectivity index (χ1) is 13.5. The number of nitrogens with zero attached hydrogens (tertiary/aromatic N) is 1. The average molecular weight is 388 g/mol. The van der Waals surface area contributed by atoms with Crippen molar-refractivity contribution in [2.75, 3.05) is 17.3 Å². The molecule has 1 aliphatic carbocycles. The van der Waals surface area contributed by atoms with Gasteiger partial charge in [0.2, 0.25) is 0 Å². The third-order valence-electron chi connectivity index (χ3n) is 5.28. The number of halogens is 1. The summed E-state index contributed by atoms with van der Waals surface area (Å²) in [6.07, 6.45) is 8.61. The average Bonchev–Trinajstić information content (AvgIpc) is 3.12. The van der Waals surface area contributed by atoms with E-state index in [9.17, 15) is 0 Å². The smallest absolute Gasteiger partial charge is 0.0483 e. The molecule has 1 heterocycles. The Labute approximate surface area is 170 Å². The Morgan fingerprint density at radius 3 is 2.75 bits per heavy atom. The van der Waals surface area contributed by atoms with Gasteiger partial charge in [0, 0.05) is 52.7 Å². The van der Waals surface area contributed by atoms with E-state index in [4.69, 9.17) is 17.0 Å². The van der Waals surface area contributed by atoms with Crippen LogP contribution in [0.4, 0.5) is 11.4 Å². The van der Waals surface area contributed by atoms with Crippen molar-refractivity contribution in [1.29, 1.82) is 5.41 Å². The van der Waals surface area contributed by atoms with E-state index in [1.807, 2.05) is 38.2 Å². The predicted octanol–water partition coefficient (Wildman–Crippen LogP) is 6.32. The predicted molar refractivity (Wildman–Crippen MR) is 120 cm³/mol. The molecule has 2 aliphatic rings. The molecule has 1 aliphatic heterocycles. The highest BCUT2D eigenvalue weighted by atomic mass is 35.5. The van der Waals surface area contributed by atoms with Gasteiger partial charge in [0.15, 0.2) is 0 Å². The molecule has 140 valence electrons. The minimum atomic E-state index is 0.788. The lowest BCUT2D eigenvalue weighted by Crippen LogP contribution is -2.19. The van der Waals surface area contributed by atoms with Gasteiger partial charge in [-0.3, -0.25) is 0 Å². The molecule has 3 nitrogen and oxygen atoms in total. The molecule has 0 aromatic heterocycles. The first-order valence-electron chi connectivity index (χ1n) is 9.21. The van der Waals surface area contributed by atoms with Crippen molar-refractivity contribution in [2.24, 2.45) is 0 Å². The number of rotatable bonds is 4. The fraction of sp³-hybridized carbons (Fsp3) is 0.125. The largest absolute Gasteiger partial charge is 0.388 e. The van der Waals surface area contributed by atoms with Gasteiger partial charge < -0.3 is 15.6 Å². The summed E-state index contributed by atoms with van der Waals surface area (Å²) < 4.78 is 0. The molecule has 0 bridgehead atoms. The van der Waals surface area contributed by atoms with Crippen LogP contribution in [0.2, 0.25) is 5.02 Å². The summed E-state index contributed by atoms with van der Waals surface area (Å²) in [5.41, 5.74) is 9.55. The monoisotopic (exact) mass is 387 g/mol. The van der Waals surface area contributed by atoms with Crippen LogP contribution in [0.25, 0.3) is 5.57 Å². The van der Waals surface area contributed by atoms with Crippen LogP contribution in [0, 0.1) is 12.3 Å². The van der Waals surface area contributed by atoms with Crippen LogP contribution < -0.4 is 10.2 Å². The SMILES string of the molecule is C=C1C2=C(C=CN1c1ccc(NC)c(C=N)c1)CC(c1ccc(C)cc1Cl)=C2. The van der Waals surface area contributed by atoms with E-state index < -0.39 is 0 Å². The summed E-state index contributed by atoms with van der Waals surface area (Å²) in [6.45, 7) is 6.39. The number of allylic oxidation sites excluding steroid dienone is 4. The van der Waals surface area contributed by atoms with Crippen molar-refractivity contribution < 1.29 is 0 Å². The van der Waals surface area contributed by atoms with Crippen molar-refractivity contribution >= 4 is 34.8 Å². The van der Waals surface area contributed by atoms with Crippen LogP contribution in [-0.4, -0.2) is 13.3 Å². The Kier molecular flexibility index (Phi) is 4.70. The lowest BCUT2D eigenvalue weighted by Gasteiger charge is -2.27. The summed E-state index contributed by atoms with van der Waals surface area (Å²) in [4.78, 5) is 2.07. The van der Waals surface area contributed by atoms with E-state index in [0.29, 0.717) is 0 Å². The highest BCUT2D eigenvalue weighted by Crippen LogP contribution is 2.42.